The zero-order valence-electron chi connectivity index (χ0n) is 24.1. The topological polar surface area (TPSA) is 76.4 Å². The largest absolute Gasteiger partial charge is 0.425 e. The van der Waals surface area contributed by atoms with Gasteiger partial charge in [-0.15, -0.1) is 0 Å². The summed E-state index contributed by atoms with van der Waals surface area (Å²) >= 11 is 0. The van der Waals surface area contributed by atoms with Crippen LogP contribution in [-0.4, -0.2) is 11.9 Å². The third kappa shape index (κ3) is 9.09. The highest BCUT2D eigenvalue weighted by Crippen LogP contribution is 2.26. The molecule has 0 N–H and O–H groups in total. The molecule has 1 atom stereocenters. The minimum atomic E-state index is -1.20. The van der Waals surface area contributed by atoms with Gasteiger partial charge in [-0.25, -0.2) is 9.59 Å². The molecule has 5 heteroatoms. The van der Waals surface area contributed by atoms with Gasteiger partial charge in [0.15, 0.2) is 5.41 Å². The van der Waals surface area contributed by atoms with Crippen molar-refractivity contribution in [3.8, 4) is 28.7 Å². The second-order valence-corrected chi connectivity index (χ2v) is 10.5. The van der Waals surface area contributed by atoms with Crippen LogP contribution in [0.1, 0.15) is 94.5 Å². The van der Waals surface area contributed by atoms with E-state index in [1.54, 1.807) is 38.1 Å². The third-order valence-corrected chi connectivity index (χ3v) is 7.38. The van der Waals surface area contributed by atoms with E-state index in [4.69, 9.17) is 9.47 Å². The lowest BCUT2D eigenvalue weighted by atomic mass is 9.90. The zero-order valence-corrected chi connectivity index (χ0v) is 24.1. The number of rotatable bonds is 15. The average Bonchev–Trinajstić information content (AvgIpc) is 2.99. The average molecular weight is 540 g/mol. The molecule has 0 amide bonds. The number of nitriles is 1. The summed E-state index contributed by atoms with van der Waals surface area (Å²) < 4.78 is 10.8. The van der Waals surface area contributed by atoms with E-state index < -0.39 is 17.4 Å². The summed E-state index contributed by atoms with van der Waals surface area (Å²) in [5.74, 6) is -0.465. The summed E-state index contributed by atoms with van der Waals surface area (Å²) in [6.07, 6.45) is 12.1. The molecule has 0 bridgehead atoms. The van der Waals surface area contributed by atoms with E-state index in [0.717, 1.165) is 17.5 Å². The Kier molecular flexibility index (Phi) is 12.0. The Morgan fingerprint density at radius 2 is 1.20 bits per heavy atom. The van der Waals surface area contributed by atoms with E-state index in [2.05, 4.69) is 31.2 Å². The van der Waals surface area contributed by atoms with Gasteiger partial charge in [0.05, 0.1) is 11.6 Å². The molecule has 0 radical (unpaired) electrons. The Bertz CT molecular complexity index is 1260. The standard InChI is InChI=1S/C35H41NO4/c1-4-6-7-8-9-10-11-12-13-27-14-16-28(17-15-27)29-18-20-30(21-19-29)33(37)39-31-22-24-32(25-23-31)40-34(38)35(3,5-2)26-36/h14-25H,4-13H2,1-3H3. The van der Waals surface area contributed by atoms with Crippen LogP contribution in [0.3, 0.4) is 0 Å². The molecule has 3 aromatic carbocycles. The molecule has 210 valence electrons. The number of ether oxygens (including phenoxy) is 2. The van der Waals surface area contributed by atoms with Crippen molar-refractivity contribution in [2.45, 2.75) is 85.0 Å². The molecule has 0 fully saturated rings. The highest BCUT2D eigenvalue weighted by atomic mass is 16.5. The van der Waals surface area contributed by atoms with Crippen molar-refractivity contribution in [2.75, 3.05) is 0 Å². The summed E-state index contributed by atoms with van der Waals surface area (Å²) in [6.45, 7) is 5.56. The first-order chi connectivity index (χ1) is 19.4. The Morgan fingerprint density at radius 1 is 0.700 bits per heavy atom. The lowest BCUT2D eigenvalue weighted by Crippen LogP contribution is -2.29. The predicted octanol–water partition coefficient (Wildman–Crippen LogP) is 9.10. The minimum absolute atomic E-state index is 0.285. The van der Waals surface area contributed by atoms with E-state index in [0.29, 0.717) is 17.7 Å². The van der Waals surface area contributed by atoms with Crippen molar-refractivity contribution in [3.05, 3.63) is 83.9 Å². The van der Waals surface area contributed by atoms with Crippen molar-refractivity contribution in [1.82, 2.24) is 0 Å². The fourth-order valence-electron chi connectivity index (χ4n) is 4.36. The number of unbranched alkanes of at least 4 members (excludes halogenated alkanes) is 7. The molecule has 1 unspecified atom stereocenters. The van der Waals surface area contributed by atoms with E-state index in [1.807, 2.05) is 18.2 Å². The molecule has 5 nitrogen and oxygen atoms in total. The van der Waals surface area contributed by atoms with Crippen molar-refractivity contribution in [3.63, 3.8) is 0 Å². The fourth-order valence-corrected chi connectivity index (χ4v) is 4.36. The second kappa shape index (κ2) is 15.6. The highest BCUT2D eigenvalue weighted by Gasteiger charge is 2.33. The van der Waals surface area contributed by atoms with Gasteiger partial charge in [0.2, 0.25) is 0 Å². The highest BCUT2D eigenvalue weighted by molar-refractivity contribution is 5.91. The van der Waals surface area contributed by atoms with Crippen LogP contribution in [0.15, 0.2) is 72.8 Å². The number of hydrogen-bond acceptors (Lipinski definition) is 5. The predicted molar refractivity (Wildman–Crippen MR) is 159 cm³/mol. The van der Waals surface area contributed by atoms with Crippen LogP contribution in [0.25, 0.3) is 11.1 Å². The molecule has 0 aromatic heterocycles. The maximum Gasteiger partial charge on any atom is 0.343 e. The number of carbonyl (C=O) groups excluding carboxylic acids is 2. The molecule has 3 aromatic rings. The number of esters is 2. The summed E-state index contributed by atoms with van der Waals surface area (Å²) in [7, 11) is 0. The van der Waals surface area contributed by atoms with Gasteiger partial charge in [0.25, 0.3) is 0 Å². The summed E-state index contributed by atoms with van der Waals surface area (Å²) in [6, 6.07) is 24.2. The number of benzene rings is 3. The quantitative estimate of drug-likeness (QED) is 0.109. The van der Waals surface area contributed by atoms with Gasteiger partial charge in [0, 0.05) is 0 Å². The molecule has 0 aliphatic carbocycles. The Morgan fingerprint density at radius 3 is 1.73 bits per heavy atom. The zero-order chi connectivity index (χ0) is 28.8. The smallest absolute Gasteiger partial charge is 0.343 e. The maximum atomic E-state index is 12.6. The first-order valence-electron chi connectivity index (χ1n) is 14.5. The monoisotopic (exact) mass is 539 g/mol. The van der Waals surface area contributed by atoms with E-state index >= 15 is 0 Å². The molecular formula is C35H41NO4. The van der Waals surface area contributed by atoms with Gasteiger partial charge in [-0.3, -0.25) is 0 Å². The number of aryl methyl sites for hydroxylation is 1. The van der Waals surface area contributed by atoms with Crippen molar-refractivity contribution in [2.24, 2.45) is 5.41 Å². The molecule has 0 heterocycles. The van der Waals surface area contributed by atoms with Crippen LogP contribution in [0.4, 0.5) is 0 Å². The first kappa shape index (κ1) is 30.6. The van der Waals surface area contributed by atoms with Crippen LogP contribution >= 0.6 is 0 Å². The molecule has 0 spiro atoms. The molecule has 3 rings (SSSR count). The molecule has 0 aliphatic heterocycles. The number of carbonyl (C=O) groups is 2. The number of nitrogens with zero attached hydrogens (tertiary/aromatic N) is 1. The molecule has 0 saturated heterocycles. The first-order valence-corrected chi connectivity index (χ1v) is 14.5. The van der Waals surface area contributed by atoms with Crippen LogP contribution in [0.5, 0.6) is 11.5 Å². The molecule has 0 saturated carbocycles. The Hall–Kier alpha value is -3.91. The van der Waals surface area contributed by atoms with Crippen LogP contribution in [0.2, 0.25) is 0 Å². The van der Waals surface area contributed by atoms with Gasteiger partial charge in [-0.05, 0) is 79.3 Å². The molecular weight excluding hydrogens is 498 g/mol. The Labute approximate surface area is 239 Å². The van der Waals surface area contributed by atoms with Gasteiger partial charge < -0.3 is 9.47 Å². The summed E-state index contributed by atoms with van der Waals surface area (Å²) in [5.41, 5.74) is 2.75. The van der Waals surface area contributed by atoms with Crippen molar-refractivity contribution in [1.29, 1.82) is 5.26 Å². The van der Waals surface area contributed by atoms with E-state index in [9.17, 15) is 14.9 Å². The lowest BCUT2D eigenvalue weighted by Gasteiger charge is -2.17. The van der Waals surface area contributed by atoms with Crippen molar-refractivity contribution < 1.29 is 19.1 Å². The SMILES string of the molecule is CCCCCCCCCCc1ccc(-c2ccc(C(=O)Oc3ccc(OC(=O)C(C)(C#N)CC)cc3)cc2)cc1. The normalized spacial score (nSPS) is 12.2. The maximum absolute atomic E-state index is 12.6. The van der Waals surface area contributed by atoms with Crippen LogP contribution < -0.4 is 9.47 Å². The van der Waals surface area contributed by atoms with Gasteiger partial charge in [0.1, 0.15) is 11.5 Å². The Balaban J connectivity index is 1.47. The van der Waals surface area contributed by atoms with E-state index in [1.165, 1.54) is 69.1 Å². The summed E-state index contributed by atoms with van der Waals surface area (Å²) in [4.78, 5) is 24.9. The fraction of sp³-hybridized carbons (Fsp3) is 0.400. The lowest BCUT2D eigenvalue weighted by molar-refractivity contribution is -0.142. The molecule has 0 aliphatic rings. The molecule has 40 heavy (non-hydrogen) atoms. The van der Waals surface area contributed by atoms with Gasteiger partial charge in [-0.1, -0.05) is 95.2 Å². The van der Waals surface area contributed by atoms with Gasteiger partial charge >= 0.3 is 11.9 Å². The van der Waals surface area contributed by atoms with Crippen LogP contribution in [0, 0.1) is 16.7 Å². The number of hydrogen-bond donors (Lipinski definition) is 0. The minimum Gasteiger partial charge on any atom is -0.425 e. The third-order valence-electron chi connectivity index (χ3n) is 7.38. The van der Waals surface area contributed by atoms with Crippen molar-refractivity contribution >= 4 is 11.9 Å². The van der Waals surface area contributed by atoms with Crippen LogP contribution in [-0.2, 0) is 11.2 Å². The van der Waals surface area contributed by atoms with E-state index in [-0.39, 0.29) is 5.75 Å². The van der Waals surface area contributed by atoms with Gasteiger partial charge in [-0.2, -0.15) is 5.26 Å². The summed E-state index contributed by atoms with van der Waals surface area (Å²) in [5, 5.41) is 9.24. The second-order valence-electron chi connectivity index (χ2n) is 10.5.